The number of aromatic nitrogens is 2. The van der Waals surface area contributed by atoms with E-state index in [1.54, 1.807) is 0 Å². The van der Waals surface area contributed by atoms with Gasteiger partial charge in [0.25, 0.3) is 0 Å². The van der Waals surface area contributed by atoms with Crippen LogP contribution in [0, 0.1) is 5.92 Å². The average molecular weight is 256 g/mol. The van der Waals surface area contributed by atoms with Crippen LogP contribution in [0.15, 0.2) is 6.33 Å². The topological polar surface area (TPSA) is 58.0 Å². The molecular formula is C12H18ClN3O. The lowest BCUT2D eigenvalue weighted by Gasteiger charge is -2.14. The molecule has 1 saturated carbocycles. The van der Waals surface area contributed by atoms with Crippen molar-refractivity contribution in [3.05, 3.63) is 17.0 Å². The normalized spacial score (nSPS) is 23.9. The van der Waals surface area contributed by atoms with Gasteiger partial charge in [0.15, 0.2) is 0 Å². The molecule has 1 aromatic heterocycles. The Morgan fingerprint density at radius 2 is 2.29 bits per heavy atom. The smallest absolute Gasteiger partial charge is 0.137 e. The van der Waals surface area contributed by atoms with Crippen LogP contribution >= 0.6 is 11.6 Å². The van der Waals surface area contributed by atoms with Gasteiger partial charge in [0.05, 0.1) is 6.10 Å². The lowest BCUT2D eigenvalue weighted by Crippen LogP contribution is -2.14. The van der Waals surface area contributed by atoms with Crippen LogP contribution in [0.2, 0.25) is 5.15 Å². The van der Waals surface area contributed by atoms with Crippen LogP contribution < -0.4 is 5.32 Å². The van der Waals surface area contributed by atoms with Crippen molar-refractivity contribution in [2.45, 2.75) is 38.7 Å². The Kier molecular flexibility index (Phi) is 4.18. The Morgan fingerprint density at radius 1 is 1.47 bits per heavy atom. The van der Waals surface area contributed by atoms with Gasteiger partial charge in [-0.2, -0.15) is 0 Å². The van der Waals surface area contributed by atoms with Crippen LogP contribution in [0.1, 0.15) is 31.7 Å². The number of rotatable bonds is 4. The number of hydrogen-bond donors (Lipinski definition) is 2. The van der Waals surface area contributed by atoms with E-state index in [2.05, 4.69) is 15.3 Å². The fourth-order valence-electron chi connectivity index (χ4n) is 2.33. The first-order valence-electron chi connectivity index (χ1n) is 6.12. The number of halogens is 1. The summed E-state index contributed by atoms with van der Waals surface area (Å²) in [6.45, 7) is 2.88. The van der Waals surface area contributed by atoms with Crippen LogP contribution in [-0.4, -0.2) is 27.7 Å². The van der Waals surface area contributed by atoms with Gasteiger partial charge in [-0.1, -0.05) is 18.5 Å². The third-order valence-corrected chi connectivity index (χ3v) is 3.64. The van der Waals surface area contributed by atoms with Crippen LogP contribution in [-0.2, 0) is 6.42 Å². The molecule has 2 rings (SSSR count). The largest absolute Gasteiger partial charge is 0.393 e. The van der Waals surface area contributed by atoms with Gasteiger partial charge in [0.2, 0.25) is 0 Å². The number of anilines is 1. The molecule has 0 saturated heterocycles. The Hall–Kier alpha value is -0.870. The summed E-state index contributed by atoms with van der Waals surface area (Å²) in [5, 5.41) is 13.3. The molecule has 94 valence electrons. The molecule has 1 heterocycles. The molecule has 0 bridgehead atoms. The highest BCUT2D eigenvalue weighted by atomic mass is 35.5. The Morgan fingerprint density at radius 3 is 2.94 bits per heavy atom. The molecule has 1 aliphatic carbocycles. The fourth-order valence-corrected chi connectivity index (χ4v) is 2.60. The number of hydrogen-bond acceptors (Lipinski definition) is 4. The van der Waals surface area contributed by atoms with Crippen molar-refractivity contribution in [3.8, 4) is 0 Å². The van der Waals surface area contributed by atoms with Crippen LogP contribution in [0.25, 0.3) is 0 Å². The SMILES string of the molecule is CCc1c(Cl)ncnc1NCC1CCC(O)C1. The van der Waals surface area contributed by atoms with Gasteiger partial charge in [-0.3, -0.25) is 0 Å². The zero-order valence-electron chi connectivity index (χ0n) is 9.99. The monoisotopic (exact) mass is 255 g/mol. The van der Waals surface area contributed by atoms with Crippen molar-refractivity contribution in [1.29, 1.82) is 0 Å². The molecule has 0 radical (unpaired) electrons. The molecule has 2 atom stereocenters. The molecule has 1 aromatic rings. The maximum absolute atomic E-state index is 9.47. The summed E-state index contributed by atoms with van der Waals surface area (Å²) < 4.78 is 0. The van der Waals surface area contributed by atoms with Crippen molar-refractivity contribution >= 4 is 17.4 Å². The molecule has 1 aliphatic rings. The summed E-state index contributed by atoms with van der Waals surface area (Å²) in [6, 6.07) is 0. The standard InChI is InChI=1S/C12H18ClN3O/c1-2-10-11(13)15-7-16-12(10)14-6-8-3-4-9(17)5-8/h7-9,17H,2-6H2,1H3,(H,14,15,16). The van der Waals surface area contributed by atoms with Crippen molar-refractivity contribution in [2.75, 3.05) is 11.9 Å². The van der Waals surface area contributed by atoms with Gasteiger partial charge >= 0.3 is 0 Å². The quantitative estimate of drug-likeness (QED) is 0.811. The lowest BCUT2D eigenvalue weighted by atomic mass is 10.1. The molecule has 0 aromatic carbocycles. The highest BCUT2D eigenvalue weighted by molar-refractivity contribution is 6.30. The Balaban J connectivity index is 1.97. The number of nitrogens with zero attached hydrogens (tertiary/aromatic N) is 2. The Labute approximate surface area is 106 Å². The zero-order chi connectivity index (χ0) is 12.3. The van der Waals surface area contributed by atoms with E-state index in [-0.39, 0.29) is 6.10 Å². The molecule has 0 amide bonds. The van der Waals surface area contributed by atoms with E-state index < -0.39 is 0 Å². The molecular weight excluding hydrogens is 238 g/mol. The zero-order valence-corrected chi connectivity index (χ0v) is 10.7. The van der Waals surface area contributed by atoms with E-state index in [0.29, 0.717) is 11.1 Å². The van der Waals surface area contributed by atoms with E-state index in [9.17, 15) is 5.11 Å². The first kappa shape index (κ1) is 12.6. The minimum atomic E-state index is -0.124. The van der Waals surface area contributed by atoms with Gasteiger partial charge < -0.3 is 10.4 Å². The van der Waals surface area contributed by atoms with Gasteiger partial charge in [-0.05, 0) is 31.6 Å². The molecule has 17 heavy (non-hydrogen) atoms. The van der Waals surface area contributed by atoms with Gasteiger partial charge in [-0.15, -0.1) is 0 Å². The van der Waals surface area contributed by atoms with Crippen molar-refractivity contribution < 1.29 is 5.11 Å². The summed E-state index contributed by atoms with van der Waals surface area (Å²) >= 11 is 6.02. The average Bonchev–Trinajstić information content (AvgIpc) is 2.72. The number of aliphatic hydroxyl groups excluding tert-OH is 1. The van der Waals surface area contributed by atoms with E-state index in [4.69, 9.17) is 11.6 Å². The highest BCUT2D eigenvalue weighted by Gasteiger charge is 2.22. The van der Waals surface area contributed by atoms with Gasteiger partial charge in [0, 0.05) is 12.1 Å². The van der Waals surface area contributed by atoms with Crippen LogP contribution in [0.3, 0.4) is 0 Å². The Bertz CT molecular complexity index is 386. The summed E-state index contributed by atoms with van der Waals surface area (Å²) in [4.78, 5) is 8.20. The molecule has 4 nitrogen and oxygen atoms in total. The van der Waals surface area contributed by atoms with E-state index in [1.807, 2.05) is 6.92 Å². The molecule has 0 spiro atoms. The van der Waals surface area contributed by atoms with Gasteiger partial charge in [0.1, 0.15) is 17.3 Å². The third-order valence-electron chi connectivity index (χ3n) is 3.32. The first-order chi connectivity index (χ1) is 8.20. The summed E-state index contributed by atoms with van der Waals surface area (Å²) in [6.07, 6.45) is 5.04. The second-order valence-corrected chi connectivity index (χ2v) is 4.92. The maximum atomic E-state index is 9.47. The molecule has 2 N–H and O–H groups in total. The minimum absolute atomic E-state index is 0.124. The molecule has 2 unspecified atom stereocenters. The van der Waals surface area contributed by atoms with E-state index in [1.165, 1.54) is 6.33 Å². The van der Waals surface area contributed by atoms with Crippen LogP contribution in [0.4, 0.5) is 5.82 Å². The fraction of sp³-hybridized carbons (Fsp3) is 0.667. The summed E-state index contributed by atoms with van der Waals surface area (Å²) in [7, 11) is 0. The summed E-state index contributed by atoms with van der Waals surface area (Å²) in [5.74, 6) is 1.36. The maximum Gasteiger partial charge on any atom is 0.137 e. The molecule has 1 fully saturated rings. The molecule has 5 heteroatoms. The predicted octanol–water partition coefficient (Wildman–Crippen LogP) is 2.27. The minimum Gasteiger partial charge on any atom is -0.393 e. The van der Waals surface area contributed by atoms with E-state index in [0.717, 1.165) is 43.6 Å². The van der Waals surface area contributed by atoms with Crippen molar-refractivity contribution in [1.82, 2.24) is 9.97 Å². The number of nitrogens with one attached hydrogen (secondary N) is 1. The van der Waals surface area contributed by atoms with Crippen LogP contribution in [0.5, 0.6) is 0 Å². The lowest BCUT2D eigenvalue weighted by molar-refractivity contribution is 0.178. The summed E-state index contributed by atoms with van der Waals surface area (Å²) in [5.41, 5.74) is 0.965. The second-order valence-electron chi connectivity index (χ2n) is 4.56. The van der Waals surface area contributed by atoms with Crippen molar-refractivity contribution in [2.24, 2.45) is 5.92 Å². The van der Waals surface area contributed by atoms with Gasteiger partial charge in [-0.25, -0.2) is 9.97 Å². The first-order valence-corrected chi connectivity index (χ1v) is 6.49. The van der Waals surface area contributed by atoms with E-state index >= 15 is 0 Å². The third kappa shape index (κ3) is 3.07. The predicted molar refractivity (Wildman–Crippen MR) is 68.3 cm³/mol. The van der Waals surface area contributed by atoms with Crippen molar-refractivity contribution in [3.63, 3.8) is 0 Å². The second kappa shape index (κ2) is 5.65. The molecule has 0 aliphatic heterocycles. The number of aliphatic hydroxyl groups is 1. The highest BCUT2D eigenvalue weighted by Crippen LogP contribution is 2.26.